The monoisotopic (exact) mass is 369 g/mol. The van der Waals surface area contributed by atoms with Crippen LogP contribution in [0.2, 0.25) is 0 Å². The van der Waals surface area contributed by atoms with Crippen molar-refractivity contribution in [2.24, 2.45) is 0 Å². The van der Waals surface area contributed by atoms with E-state index in [-0.39, 0.29) is 22.8 Å². The lowest BCUT2D eigenvalue weighted by Crippen LogP contribution is -2.30. The zero-order valence-electron chi connectivity index (χ0n) is 13.9. The number of thioether (sulfide) groups is 1. The van der Waals surface area contributed by atoms with Crippen LogP contribution in [-0.4, -0.2) is 28.5 Å². The van der Waals surface area contributed by atoms with E-state index in [1.165, 1.54) is 23.9 Å². The first kappa shape index (κ1) is 16.6. The molecule has 26 heavy (non-hydrogen) atoms. The first-order chi connectivity index (χ1) is 12.4. The Hall–Kier alpha value is -2.87. The molecule has 7 nitrogen and oxygen atoms in total. The van der Waals surface area contributed by atoms with Gasteiger partial charge in [0.15, 0.2) is 0 Å². The molecule has 0 saturated carbocycles. The molecule has 1 unspecified atom stereocenters. The molecular weight excluding hydrogens is 354 g/mol. The lowest BCUT2D eigenvalue weighted by Gasteiger charge is -2.23. The Morgan fingerprint density at radius 3 is 2.88 bits per heavy atom. The van der Waals surface area contributed by atoms with Crippen LogP contribution in [0, 0.1) is 10.1 Å². The zero-order valence-corrected chi connectivity index (χ0v) is 14.7. The number of amides is 2. The van der Waals surface area contributed by atoms with Crippen molar-refractivity contribution in [1.82, 2.24) is 0 Å². The third kappa shape index (κ3) is 2.72. The summed E-state index contributed by atoms with van der Waals surface area (Å²) in [4.78, 5) is 37.8. The van der Waals surface area contributed by atoms with Crippen molar-refractivity contribution in [3.8, 4) is 0 Å². The number of carbonyl (C=O) groups excluding carboxylic acids is 2. The predicted molar refractivity (Wildman–Crippen MR) is 98.9 cm³/mol. The maximum atomic E-state index is 12.9. The standard InChI is InChI=1S/C18H15N3O4S/c1-10-17(22)19-14-9-12(2-5-16(14)26-10)18(23)20-7-6-11-8-13(21(24)25)3-4-15(11)20/h2-5,8-10H,6-7H2,1H3,(H,19,22). The van der Waals surface area contributed by atoms with E-state index in [4.69, 9.17) is 0 Å². The maximum Gasteiger partial charge on any atom is 0.269 e. The van der Waals surface area contributed by atoms with E-state index in [0.717, 1.165) is 10.5 Å². The highest BCUT2D eigenvalue weighted by molar-refractivity contribution is 8.00. The first-order valence-electron chi connectivity index (χ1n) is 8.15. The SMILES string of the molecule is CC1Sc2ccc(C(=O)N3CCc4cc([N+](=O)[O-])ccc43)cc2NC1=O. The Morgan fingerprint density at radius 1 is 1.31 bits per heavy atom. The van der Waals surface area contributed by atoms with Crippen molar-refractivity contribution >= 4 is 40.6 Å². The number of fused-ring (bicyclic) bond motifs is 2. The Kier molecular flexibility index (Phi) is 3.91. The molecule has 0 radical (unpaired) electrons. The van der Waals surface area contributed by atoms with E-state index in [1.807, 2.05) is 13.0 Å². The topological polar surface area (TPSA) is 92.6 Å². The molecule has 4 rings (SSSR count). The molecular formula is C18H15N3O4S. The number of anilines is 2. The Labute approximate surface area is 153 Å². The molecule has 2 aromatic rings. The van der Waals surface area contributed by atoms with Gasteiger partial charge in [-0.3, -0.25) is 19.7 Å². The molecule has 0 aromatic heterocycles. The lowest BCUT2D eigenvalue weighted by atomic mass is 10.1. The summed E-state index contributed by atoms with van der Waals surface area (Å²) in [5, 5.41) is 13.6. The second kappa shape index (κ2) is 6.14. The Morgan fingerprint density at radius 2 is 2.12 bits per heavy atom. The number of non-ortho nitro benzene ring substituents is 1. The second-order valence-corrected chi connectivity index (χ2v) is 7.62. The number of nitrogens with zero attached hydrogens (tertiary/aromatic N) is 2. The molecule has 132 valence electrons. The van der Waals surface area contributed by atoms with E-state index in [9.17, 15) is 19.7 Å². The normalized spacial score (nSPS) is 18.1. The summed E-state index contributed by atoms with van der Waals surface area (Å²) in [7, 11) is 0. The molecule has 2 aromatic carbocycles. The van der Waals surface area contributed by atoms with Gasteiger partial charge >= 0.3 is 0 Å². The minimum atomic E-state index is -0.435. The summed E-state index contributed by atoms with van der Waals surface area (Å²) in [5.41, 5.74) is 2.65. The van der Waals surface area contributed by atoms with E-state index in [0.29, 0.717) is 29.9 Å². The third-order valence-electron chi connectivity index (χ3n) is 4.57. The van der Waals surface area contributed by atoms with Crippen molar-refractivity contribution in [3.05, 3.63) is 57.6 Å². The zero-order chi connectivity index (χ0) is 18.4. The van der Waals surface area contributed by atoms with Crippen LogP contribution in [0.3, 0.4) is 0 Å². The van der Waals surface area contributed by atoms with Crippen LogP contribution in [0.15, 0.2) is 41.3 Å². The fourth-order valence-corrected chi connectivity index (χ4v) is 4.14. The van der Waals surface area contributed by atoms with Crippen molar-refractivity contribution in [1.29, 1.82) is 0 Å². The lowest BCUT2D eigenvalue weighted by molar-refractivity contribution is -0.384. The fourth-order valence-electron chi connectivity index (χ4n) is 3.21. The molecule has 0 saturated heterocycles. The van der Waals surface area contributed by atoms with Crippen LogP contribution in [0.25, 0.3) is 0 Å². The second-order valence-electron chi connectivity index (χ2n) is 6.24. The van der Waals surface area contributed by atoms with Gasteiger partial charge in [0.05, 0.1) is 15.9 Å². The van der Waals surface area contributed by atoms with E-state index >= 15 is 0 Å². The minimum Gasteiger partial charge on any atom is -0.324 e. The molecule has 2 aliphatic heterocycles. The third-order valence-corrected chi connectivity index (χ3v) is 5.75. The first-order valence-corrected chi connectivity index (χ1v) is 9.03. The van der Waals surface area contributed by atoms with E-state index in [2.05, 4.69) is 5.32 Å². The Balaban J connectivity index is 1.63. The molecule has 8 heteroatoms. The van der Waals surface area contributed by atoms with Gasteiger partial charge in [0.1, 0.15) is 0 Å². The smallest absolute Gasteiger partial charge is 0.269 e. The van der Waals surface area contributed by atoms with Crippen molar-refractivity contribution in [2.45, 2.75) is 23.5 Å². The average Bonchev–Trinajstić information content (AvgIpc) is 3.04. The largest absolute Gasteiger partial charge is 0.324 e. The molecule has 1 atom stereocenters. The molecule has 2 aliphatic rings. The fraction of sp³-hybridized carbons (Fsp3) is 0.222. The number of nitrogens with one attached hydrogen (secondary N) is 1. The predicted octanol–water partition coefficient (Wildman–Crippen LogP) is 3.23. The number of carbonyl (C=O) groups is 2. The number of rotatable bonds is 2. The van der Waals surface area contributed by atoms with Crippen molar-refractivity contribution < 1.29 is 14.5 Å². The molecule has 1 N–H and O–H groups in total. The Bertz CT molecular complexity index is 959. The highest BCUT2D eigenvalue weighted by Crippen LogP contribution is 2.37. The summed E-state index contributed by atoms with van der Waals surface area (Å²) in [6.45, 7) is 2.31. The molecule has 2 heterocycles. The van der Waals surface area contributed by atoms with Gasteiger partial charge in [-0.2, -0.15) is 0 Å². The number of hydrogen-bond donors (Lipinski definition) is 1. The molecule has 0 bridgehead atoms. The highest BCUT2D eigenvalue weighted by atomic mass is 32.2. The van der Waals surface area contributed by atoms with Crippen LogP contribution >= 0.6 is 11.8 Å². The van der Waals surface area contributed by atoms with Gasteiger partial charge in [-0.1, -0.05) is 0 Å². The van der Waals surface area contributed by atoms with Crippen LogP contribution in [0.4, 0.5) is 17.1 Å². The van der Waals surface area contributed by atoms with Gasteiger partial charge in [0.2, 0.25) is 5.91 Å². The van der Waals surface area contributed by atoms with Gasteiger partial charge in [-0.05, 0) is 43.2 Å². The quantitative estimate of drug-likeness (QED) is 0.648. The highest BCUT2D eigenvalue weighted by Gasteiger charge is 2.29. The molecule has 0 aliphatic carbocycles. The summed E-state index contributed by atoms with van der Waals surface area (Å²) in [6, 6.07) is 9.84. The van der Waals surface area contributed by atoms with E-state index < -0.39 is 4.92 Å². The van der Waals surface area contributed by atoms with Crippen LogP contribution in [0.5, 0.6) is 0 Å². The molecule has 0 spiro atoms. The molecule has 0 fully saturated rings. The van der Waals surface area contributed by atoms with Crippen LogP contribution < -0.4 is 10.2 Å². The number of hydrogen-bond acceptors (Lipinski definition) is 5. The van der Waals surface area contributed by atoms with Crippen molar-refractivity contribution in [3.63, 3.8) is 0 Å². The van der Waals surface area contributed by atoms with Gasteiger partial charge in [0.25, 0.3) is 11.6 Å². The van der Waals surface area contributed by atoms with E-state index in [1.54, 1.807) is 23.1 Å². The summed E-state index contributed by atoms with van der Waals surface area (Å²) >= 11 is 1.46. The van der Waals surface area contributed by atoms with Gasteiger partial charge in [-0.15, -0.1) is 11.8 Å². The summed E-state index contributed by atoms with van der Waals surface area (Å²) in [5.74, 6) is -0.260. The average molecular weight is 369 g/mol. The number of benzene rings is 2. The number of nitro benzene ring substituents is 1. The van der Waals surface area contributed by atoms with Gasteiger partial charge < -0.3 is 10.2 Å². The van der Waals surface area contributed by atoms with Gasteiger partial charge in [0, 0.05) is 34.8 Å². The van der Waals surface area contributed by atoms with Crippen LogP contribution in [0.1, 0.15) is 22.8 Å². The minimum absolute atomic E-state index is 0.0284. The van der Waals surface area contributed by atoms with Crippen LogP contribution in [-0.2, 0) is 11.2 Å². The maximum absolute atomic E-state index is 12.9. The summed E-state index contributed by atoms with van der Waals surface area (Å²) < 4.78 is 0. The van der Waals surface area contributed by atoms with Crippen molar-refractivity contribution in [2.75, 3.05) is 16.8 Å². The molecule has 2 amide bonds. The summed E-state index contributed by atoms with van der Waals surface area (Å²) in [6.07, 6.45) is 0.581. The van der Waals surface area contributed by atoms with Gasteiger partial charge in [-0.25, -0.2) is 0 Å². The number of nitro groups is 1.